The summed E-state index contributed by atoms with van der Waals surface area (Å²) >= 11 is 0. The molecule has 1 aromatic rings. The van der Waals surface area contributed by atoms with Crippen LogP contribution in [0.15, 0.2) is 12.3 Å². The van der Waals surface area contributed by atoms with Crippen LogP contribution in [0.3, 0.4) is 0 Å². The monoisotopic (exact) mass is 468 g/mol. The van der Waals surface area contributed by atoms with Crippen molar-refractivity contribution in [3.05, 3.63) is 18.0 Å². The van der Waals surface area contributed by atoms with Gasteiger partial charge < -0.3 is 34.1 Å². The zero-order valence-corrected chi connectivity index (χ0v) is 20.0. The summed E-state index contributed by atoms with van der Waals surface area (Å²) < 4.78 is 28.4. The lowest BCUT2D eigenvalue weighted by Gasteiger charge is -2.31. The third-order valence-electron chi connectivity index (χ3n) is 5.06. The van der Waals surface area contributed by atoms with Crippen LogP contribution >= 0.6 is 0 Å². The second-order valence-electron chi connectivity index (χ2n) is 8.37. The first-order valence-electron chi connectivity index (χ1n) is 11.3. The van der Waals surface area contributed by atoms with E-state index in [2.05, 4.69) is 17.2 Å². The van der Waals surface area contributed by atoms with Gasteiger partial charge in [0.2, 0.25) is 0 Å². The molecule has 0 bridgehead atoms. The third kappa shape index (κ3) is 7.83. The Hall–Kier alpha value is -2.43. The Labute approximate surface area is 194 Å². The van der Waals surface area contributed by atoms with Crippen molar-refractivity contribution in [3.63, 3.8) is 0 Å². The number of pyridine rings is 1. The van der Waals surface area contributed by atoms with Gasteiger partial charge in [-0.25, -0.2) is 9.78 Å². The lowest BCUT2D eigenvalue weighted by molar-refractivity contribution is -0.169. The van der Waals surface area contributed by atoms with Crippen molar-refractivity contribution >= 4 is 11.9 Å². The van der Waals surface area contributed by atoms with Crippen LogP contribution in [0.25, 0.3) is 0 Å². The number of carbonyl (C=O) groups excluding carboxylic acids is 2. The van der Waals surface area contributed by atoms with Crippen molar-refractivity contribution in [2.75, 3.05) is 33.5 Å². The fraction of sp³-hybridized carbons (Fsp3) is 0.696. The van der Waals surface area contributed by atoms with Gasteiger partial charge >= 0.3 is 5.97 Å². The largest absolute Gasteiger partial charge is 0.503 e. The average Bonchev–Trinajstić information content (AvgIpc) is 2.82. The fourth-order valence-electron chi connectivity index (χ4n) is 3.26. The number of nitrogens with one attached hydrogen (secondary N) is 1. The van der Waals surface area contributed by atoms with Gasteiger partial charge in [0, 0.05) is 25.5 Å². The highest BCUT2D eigenvalue weighted by molar-refractivity contribution is 5.98. The fourth-order valence-corrected chi connectivity index (χ4v) is 3.26. The van der Waals surface area contributed by atoms with E-state index < -0.39 is 42.0 Å². The molecule has 1 saturated heterocycles. The van der Waals surface area contributed by atoms with Gasteiger partial charge in [-0.15, -0.1) is 0 Å². The Morgan fingerprint density at radius 3 is 2.76 bits per heavy atom. The van der Waals surface area contributed by atoms with Gasteiger partial charge in [-0.3, -0.25) is 4.79 Å². The summed E-state index contributed by atoms with van der Waals surface area (Å²) in [5.74, 6) is -1.48. The number of cyclic esters (lactones) is 1. The van der Waals surface area contributed by atoms with Crippen molar-refractivity contribution in [3.8, 4) is 11.5 Å². The molecule has 4 atom stereocenters. The Bertz CT molecular complexity index is 773. The molecule has 1 aliphatic heterocycles. The Balaban J connectivity index is 2.15. The molecule has 10 nitrogen and oxygen atoms in total. The van der Waals surface area contributed by atoms with Gasteiger partial charge in [-0.05, 0) is 19.3 Å². The summed E-state index contributed by atoms with van der Waals surface area (Å²) in [7, 11) is 1.36. The minimum absolute atomic E-state index is 0.0919. The number of carbonyl (C=O) groups is 2. The maximum atomic E-state index is 12.8. The molecule has 33 heavy (non-hydrogen) atoms. The summed E-state index contributed by atoms with van der Waals surface area (Å²) in [5, 5.41) is 12.7. The predicted octanol–water partition coefficient (Wildman–Crippen LogP) is 2.08. The highest BCUT2D eigenvalue weighted by Gasteiger charge is 2.36. The van der Waals surface area contributed by atoms with E-state index in [1.165, 1.54) is 19.4 Å². The number of unbranched alkanes of at least 4 members (excludes halogenated alkanes) is 1. The van der Waals surface area contributed by atoms with E-state index in [1.54, 1.807) is 6.92 Å². The smallest absolute Gasteiger partial charge is 0.331 e. The second kappa shape index (κ2) is 13.3. The van der Waals surface area contributed by atoms with Crippen molar-refractivity contribution in [1.29, 1.82) is 0 Å². The van der Waals surface area contributed by atoms with Crippen molar-refractivity contribution < 1.29 is 38.4 Å². The van der Waals surface area contributed by atoms with Gasteiger partial charge in [0.25, 0.3) is 5.91 Å². The van der Waals surface area contributed by atoms with E-state index in [0.717, 1.165) is 12.8 Å². The van der Waals surface area contributed by atoms with Crippen molar-refractivity contribution in [2.45, 2.75) is 64.9 Å². The zero-order chi connectivity index (χ0) is 24.4. The molecule has 0 aromatic carbocycles. The molecular weight excluding hydrogens is 432 g/mol. The summed E-state index contributed by atoms with van der Waals surface area (Å²) in [6.45, 7) is 8.91. The quantitative estimate of drug-likeness (QED) is 0.392. The van der Waals surface area contributed by atoms with Gasteiger partial charge in [0.15, 0.2) is 23.2 Å². The molecule has 1 aromatic heterocycles. The molecular formula is C23H36N2O8. The molecule has 2 heterocycles. The molecule has 10 heteroatoms. The molecule has 2 rings (SSSR count). The molecule has 0 spiro atoms. The number of hydrogen-bond donors (Lipinski definition) is 2. The lowest BCUT2D eigenvalue weighted by atomic mass is 10.1. The summed E-state index contributed by atoms with van der Waals surface area (Å²) in [6.07, 6.45) is 1.60. The SMILES string of the molecule is CCCCOC1COCC(NC(=O)c2nccc(OC)c2O)C(=O)OC(C)C1OCC(C)C. The van der Waals surface area contributed by atoms with Gasteiger partial charge in [-0.1, -0.05) is 27.2 Å². The number of nitrogens with zero attached hydrogens (tertiary/aromatic N) is 1. The van der Waals surface area contributed by atoms with E-state index in [9.17, 15) is 14.7 Å². The summed E-state index contributed by atoms with van der Waals surface area (Å²) in [4.78, 5) is 29.4. The number of rotatable bonds is 10. The van der Waals surface area contributed by atoms with Crippen molar-refractivity contribution in [2.24, 2.45) is 5.92 Å². The number of ether oxygens (including phenoxy) is 5. The highest BCUT2D eigenvalue weighted by atomic mass is 16.6. The number of aromatic nitrogens is 1. The lowest BCUT2D eigenvalue weighted by Crippen LogP contribution is -2.47. The predicted molar refractivity (Wildman–Crippen MR) is 119 cm³/mol. The van der Waals surface area contributed by atoms with E-state index >= 15 is 0 Å². The van der Waals surface area contributed by atoms with E-state index in [1.807, 2.05) is 13.8 Å². The van der Waals surface area contributed by atoms with Crippen LogP contribution in [0.5, 0.6) is 11.5 Å². The maximum absolute atomic E-state index is 12.8. The van der Waals surface area contributed by atoms with Crippen LogP contribution < -0.4 is 10.1 Å². The average molecular weight is 469 g/mol. The highest BCUT2D eigenvalue weighted by Crippen LogP contribution is 2.27. The van der Waals surface area contributed by atoms with E-state index in [0.29, 0.717) is 13.2 Å². The third-order valence-corrected chi connectivity index (χ3v) is 5.06. The second-order valence-corrected chi connectivity index (χ2v) is 8.37. The normalized spacial score (nSPS) is 23.9. The van der Waals surface area contributed by atoms with E-state index in [4.69, 9.17) is 23.7 Å². The minimum atomic E-state index is -1.10. The van der Waals surface area contributed by atoms with Crippen LogP contribution in [0.4, 0.5) is 0 Å². The minimum Gasteiger partial charge on any atom is -0.503 e. The van der Waals surface area contributed by atoms with Crippen LogP contribution in [-0.2, 0) is 23.7 Å². The molecule has 0 aliphatic carbocycles. The van der Waals surface area contributed by atoms with Crippen LogP contribution in [0.2, 0.25) is 0 Å². The number of aromatic hydroxyl groups is 1. The van der Waals surface area contributed by atoms with Crippen LogP contribution in [-0.4, -0.2) is 79.9 Å². The van der Waals surface area contributed by atoms with Crippen LogP contribution in [0.1, 0.15) is 51.0 Å². The standard InChI is InChI=1S/C23H36N2O8/c1-6-7-10-31-18-13-30-12-16(23(28)33-15(4)21(18)32-11-14(2)3)25-22(27)19-20(26)17(29-5)8-9-24-19/h8-9,14-16,18,21,26H,6-7,10-13H2,1-5H3,(H,25,27). The molecule has 4 unspecified atom stereocenters. The number of amides is 1. The summed E-state index contributed by atoms with van der Waals surface area (Å²) in [5.41, 5.74) is -0.269. The first kappa shape index (κ1) is 26.8. The van der Waals surface area contributed by atoms with Gasteiger partial charge in [0.1, 0.15) is 18.3 Å². The topological polar surface area (TPSA) is 125 Å². The van der Waals surface area contributed by atoms with Crippen LogP contribution in [0, 0.1) is 5.92 Å². The van der Waals surface area contributed by atoms with Gasteiger partial charge in [-0.2, -0.15) is 0 Å². The Morgan fingerprint density at radius 2 is 2.09 bits per heavy atom. The first-order chi connectivity index (χ1) is 15.8. The number of methoxy groups -OCH3 is 1. The molecule has 0 radical (unpaired) electrons. The first-order valence-corrected chi connectivity index (χ1v) is 11.3. The molecule has 1 amide bonds. The summed E-state index contributed by atoms with van der Waals surface area (Å²) in [6, 6.07) is 0.314. The Morgan fingerprint density at radius 1 is 1.33 bits per heavy atom. The molecule has 0 saturated carbocycles. The Kier molecular flexibility index (Phi) is 10.8. The maximum Gasteiger partial charge on any atom is 0.331 e. The number of esters is 1. The zero-order valence-electron chi connectivity index (χ0n) is 20.0. The van der Waals surface area contributed by atoms with Crippen molar-refractivity contribution in [1.82, 2.24) is 10.3 Å². The molecule has 1 fully saturated rings. The van der Waals surface area contributed by atoms with Gasteiger partial charge in [0.05, 0.1) is 20.3 Å². The van der Waals surface area contributed by atoms with E-state index in [-0.39, 0.29) is 30.6 Å². The molecule has 186 valence electrons. The molecule has 2 N–H and O–H groups in total. The molecule has 1 aliphatic rings. The number of hydrogen-bond acceptors (Lipinski definition) is 9.